The molecule has 126 valence electrons. The third-order valence-corrected chi connectivity index (χ3v) is 5.44. The Morgan fingerprint density at radius 2 is 1.76 bits per heavy atom. The third-order valence-electron chi connectivity index (χ3n) is 5.44. The zero-order valence-corrected chi connectivity index (χ0v) is 14.6. The first kappa shape index (κ1) is 14.6. The molecule has 2 aliphatic rings. The summed E-state index contributed by atoms with van der Waals surface area (Å²) in [6.45, 7) is 4.30. The second-order valence-corrected chi connectivity index (χ2v) is 7.32. The molecule has 2 aliphatic heterocycles. The van der Waals surface area contributed by atoms with E-state index in [1.807, 2.05) is 18.2 Å². The predicted octanol–water partition coefficient (Wildman–Crippen LogP) is 5.24. The van der Waals surface area contributed by atoms with Gasteiger partial charge in [0.25, 0.3) is 0 Å². The van der Waals surface area contributed by atoms with Crippen LogP contribution in [0.15, 0.2) is 54.6 Å². The molecule has 0 aliphatic carbocycles. The van der Waals surface area contributed by atoms with E-state index in [9.17, 15) is 0 Å². The Morgan fingerprint density at radius 3 is 2.60 bits per heavy atom. The zero-order chi connectivity index (χ0) is 17.2. The van der Waals surface area contributed by atoms with Crippen LogP contribution in [0, 0.1) is 0 Å². The molecule has 0 aromatic heterocycles. The maximum absolute atomic E-state index is 6.44. The molecule has 0 bridgehead atoms. The summed E-state index contributed by atoms with van der Waals surface area (Å²) in [6.07, 6.45) is -0.0605. The average molecular weight is 332 g/mol. The van der Waals surface area contributed by atoms with E-state index in [1.54, 1.807) is 7.11 Å². The lowest BCUT2D eigenvalue weighted by molar-refractivity contribution is 0.0131. The van der Waals surface area contributed by atoms with Gasteiger partial charge in [0.15, 0.2) is 0 Å². The molecule has 0 spiro atoms. The highest BCUT2D eigenvalue weighted by Gasteiger charge is 2.51. The summed E-state index contributed by atoms with van der Waals surface area (Å²) < 4.78 is 18.3. The van der Waals surface area contributed by atoms with Crippen LogP contribution < -0.4 is 14.2 Å². The van der Waals surface area contributed by atoms with Gasteiger partial charge in [0.1, 0.15) is 29.0 Å². The summed E-state index contributed by atoms with van der Waals surface area (Å²) in [4.78, 5) is 0. The Bertz CT molecular complexity index is 990. The number of benzene rings is 3. The van der Waals surface area contributed by atoms with Crippen LogP contribution in [-0.4, -0.2) is 12.7 Å². The van der Waals surface area contributed by atoms with Crippen molar-refractivity contribution in [1.29, 1.82) is 0 Å². The van der Waals surface area contributed by atoms with E-state index in [0.29, 0.717) is 0 Å². The number of rotatable bonds is 1. The van der Waals surface area contributed by atoms with Crippen LogP contribution in [0.1, 0.15) is 37.0 Å². The zero-order valence-electron chi connectivity index (χ0n) is 14.6. The number of hydrogen-bond acceptors (Lipinski definition) is 3. The van der Waals surface area contributed by atoms with Crippen LogP contribution in [0.2, 0.25) is 0 Å². The molecule has 2 heterocycles. The highest BCUT2D eigenvalue weighted by atomic mass is 16.5. The Hall–Kier alpha value is -2.68. The van der Waals surface area contributed by atoms with Crippen LogP contribution in [0.3, 0.4) is 0 Å². The van der Waals surface area contributed by atoms with Gasteiger partial charge in [-0.3, -0.25) is 0 Å². The van der Waals surface area contributed by atoms with E-state index >= 15 is 0 Å². The minimum Gasteiger partial charge on any atom is -0.497 e. The fraction of sp³-hybridized carbons (Fsp3) is 0.273. The minimum atomic E-state index is -0.359. The Balaban J connectivity index is 1.76. The van der Waals surface area contributed by atoms with Crippen molar-refractivity contribution in [3.05, 3.63) is 65.7 Å². The van der Waals surface area contributed by atoms with Crippen molar-refractivity contribution in [2.24, 2.45) is 0 Å². The van der Waals surface area contributed by atoms with Gasteiger partial charge in [0.05, 0.1) is 13.0 Å². The number of hydrogen-bond donors (Lipinski definition) is 0. The van der Waals surface area contributed by atoms with Gasteiger partial charge in [0, 0.05) is 11.1 Å². The number of ether oxygens (including phenoxy) is 3. The van der Waals surface area contributed by atoms with Crippen LogP contribution in [0.4, 0.5) is 0 Å². The number of methoxy groups -OCH3 is 1. The molecule has 3 nitrogen and oxygen atoms in total. The van der Waals surface area contributed by atoms with Gasteiger partial charge in [-0.2, -0.15) is 0 Å². The lowest BCUT2D eigenvalue weighted by Gasteiger charge is -2.41. The molecule has 0 N–H and O–H groups in total. The van der Waals surface area contributed by atoms with E-state index in [2.05, 4.69) is 50.2 Å². The summed E-state index contributed by atoms with van der Waals surface area (Å²) in [5.74, 6) is 2.80. The first-order valence-electron chi connectivity index (χ1n) is 8.64. The molecule has 0 radical (unpaired) electrons. The van der Waals surface area contributed by atoms with E-state index < -0.39 is 0 Å². The summed E-state index contributed by atoms with van der Waals surface area (Å²) in [6, 6.07) is 18.7. The maximum atomic E-state index is 6.44. The fourth-order valence-electron chi connectivity index (χ4n) is 4.33. The Morgan fingerprint density at radius 1 is 0.960 bits per heavy atom. The molecule has 25 heavy (non-hydrogen) atoms. The second-order valence-electron chi connectivity index (χ2n) is 7.32. The quantitative estimate of drug-likeness (QED) is 0.610. The Labute approximate surface area is 147 Å². The molecule has 5 rings (SSSR count). The van der Waals surface area contributed by atoms with E-state index in [0.717, 1.165) is 22.8 Å². The second kappa shape index (κ2) is 4.92. The molecule has 3 aromatic rings. The normalized spacial score (nSPS) is 22.4. The van der Waals surface area contributed by atoms with E-state index in [4.69, 9.17) is 14.2 Å². The average Bonchev–Trinajstić information content (AvgIpc) is 3.03. The SMILES string of the molecule is COc1ccc2c(c1)[C@@H]1Oc3ccc4ccccc4c3[C@@H]1C(C)(C)O2. The summed E-state index contributed by atoms with van der Waals surface area (Å²) >= 11 is 0. The van der Waals surface area contributed by atoms with Crippen LogP contribution >= 0.6 is 0 Å². The van der Waals surface area contributed by atoms with Gasteiger partial charge in [-0.1, -0.05) is 30.3 Å². The van der Waals surface area contributed by atoms with Crippen LogP contribution in [0.5, 0.6) is 17.2 Å². The molecule has 0 saturated heterocycles. The topological polar surface area (TPSA) is 27.7 Å². The first-order valence-corrected chi connectivity index (χ1v) is 8.64. The van der Waals surface area contributed by atoms with Crippen LogP contribution in [0.25, 0.3) is 10.8 Å². The molecular weight excluding hydrogens is 312 g/mol. The molecule has 3 aromatic carbocycles. The largest absolute Gasteiger partial charge is 0.497 e. The standard InChI is InChI=1S/C22H20O3/c1-22(2)20-19-15-7-5-4-6-13(15)8-10-18(19)24-21(20)16-12-14(23-3)9-11-17(16)25-22/h4-12,20-21H,1-3H3/t20-,21-/m0/s1. The van der Waals surface area contributed by atoms with Gasteiger partial charge >= 0.3 is 0 Å². The molecule has 3 heteroatoms. The van der Waals surface area contributed by atoms with Gasteiger partial charge in [-0.15, -0.1) is 0 Å². The van der Waals surface area contributed by atoms with Gasteiger partial charge < -0.3 is 14.2 Å². The van der Waals surface area contributed by atoms with Crippen molar-refractivity contribution in [3.8, 4) is 17.2 Å². The Kier molecular flexibility index (Phi) is 2.88. The smallest absolute Gasteiger partial charge is 0.138 e. The van der Waals surface area contributed by atoms with Crippen molar-refractivity contribution >= 4 is 10.8 Å². The van der Waals surface area contributed by atoms with Gasteiger partial charge in [0.2, 0.25) is 0 Å². The van der Waals surface area contributed by atoms with Gasteiger partial charge in [-0.05, 0) is 48.9 Å². The van der Waals surface area contributed by atoms with Crippen molar-refractivity contribution < 1.29 is 14.2 Å². The third kappa shape index (κ3) is 1.98. The van der Waals surface area contributed by atoms with Crippen LogP contribution in [-0.2, 0) is 0 Å². The van der Waals surface area contributed by atoms with Crippen molar-refractivity contribution in [3.63, 3.8) is 0 Å². The molecule has 0 unspecified atom stereocenters. The summed E-state index contributed by atoms with van der Waals surface area (Å²) in [5, 5.41) is 2.48. The molecule has 2 atom stereocenters. The van der Waals surface area contributed by atoms with E-state index in [1.165, 1.54) is 16.3 Å². The van der Waals surface area contributed by atoms with E-state index in [-0.39, 0.29) is 17.6 Å². The monoisotopic (exact) mass is 332 g/mol. The highest BCUT2D eigenvalue weighted by Crippen LogP contribution is 2.58. The van der Waals surface area contributed by atoms with Crippen molar-refractivity contribution in [2.45, 2.75) is 31.5 Å². The predicted molar refractivity (Wildman–Crippen MR) is 97.8 cm³/mol. The summed E-state index contributed by atoms with van der Waals surface area (Å²) in [7, 11) is 1.69. The molecular formula is C22H20O3. The number of fused-ring (bicyclic) bond motifs is 7. The highest BCUT2D eigenvalue weighted by molar-refractivity contribution is 5.89. The minimum absolute atomic E-state index is 0.0605. The molecule has 0 fully saturated rings. The lowest BCUT2D eigenvalue weighted by Crippen LogP contribution is -2.42. The maximum Gasteiger partial charge on any atom is 0.138 e. The first-order chi connectivity index (χ1) is 12.1. The lowest BCUT2D eigenvalue weighted by atomic mass is 9.76. The molecule has 0 saturated carbocycles. The van der Waals surface area contributed by atoms with Crippen molar-refractivity contribution in [1.82, 2.24) is 0 Å². The van der Waals surface area contributed by atoms with Gasteiger partial charge in [-0.25, -0.2) is 0 Å². The summed E-state index contributed by atoms with van der Waals surface area (Å²) in [5.41, 5.74) is 1.95. The molecule has 0 amide bonds. The fourth-order valence-corrected chi connectivity index (χ4v) is 4.33. The van der Waals surface area contributed by atoms with Crippen molar-refractivity contribution in [2.75, 3.05) is 7.11 Å².